The highest BCUT2D eigenvalue weighted by Gasteiger charge is 2.14. The number of nitriles is 1. The average molecular weight is 216 g/mol. The highest BCUT2D eigenvalue weighted by atomic mass is 35.5. The number of ketones is 1. The van der Waals surface area contributed by atoms with Gasteiger partial charge in [0, 0.05) is 5.56 Å². The van der Waals surface area contributed by atoms with Crippen molar-refractivity contribution in [3.05, 3.63) is 34.9 Å². The molecule has 0 amide bonds. The molecule has 0 saturated heterocycles. The second-order valence-corrected chi connectivity index (χ2v) is 2.75. The molecular formula is C9H4ClF2NO. The van der Waals surface area contributed by atoms with Crippen molar-refractivity contribution < 1.29 is 13.6 Å². The number of carbonyl (C=O) groups excluding carboxylic acids is 1. The summed E-state index contributed by atoms with van der Waals surface area (Å²) in [6, 6.07) is 2.95. The molecule has 0 aliphatic rings. The first-order chi connectivity index (χ1) is 6.60. The van der Waals surface area contributed by atoms with E-state index in [-0.39, 0.29) is 17.0 Å². The molecule has 1 aromatic carbocycles. The SMILES string of the molecule is N#Cc1cc(F)c(F)cc1C(=O)CCl. The van der Waals surface area contributed by atoms with Gasteiger partial charge in [0.1, 0.15) is 0 Å². The zero-order chi connectivity index (χ0) is 10.7. The van der Waals surface area contributed by atoms with Crippen LogP contribution in [0.15, 0.2) is 12.1 Å². The number of hydrogen-bond acceptors (Lipinski definition) is 2. The first kappa shape index (κ1) is 10.6. The molecule has 0 bridgehead atoms. The molecule has 0 atom stereocenters. The van der Waals surface area contributed by atoms with Crippen LogP contribution in [0.5, 0.6) is 0 Å². The number of alkyl halides is 1. The van der Waals surface area contributed by atoms with E-state index in [0.29, 0.717) is 12.1 Å². The molecule has 0 unspecified atom stereocenters. The van der Waals surface area contributed by atoms with Crippen molar-refractivity contribution in [3.8, 4) is 6.07 Å². The van der Waals surface area contributed by atoms with Gasteiger partial charge in [0.2, 0.25) is 0 Å². The van der Waals surface area contributed by atoms with Crippen LogP contribution in [0.25, 0.3) is 0 Å². The summed E-state index contributed by atoms with van der Waals surface area (Å²) in [6.07, 6.45) is 0. The predicted molar refractivity (Wildman–Crippen MR) is 46.1 cm³/mol. The van der Waals surface area contributed by atoms with Gasteiger partial charge >= 0.3 is 0 Å². The Kier molecular flexibility index (Phi) is 3.15. The third-order valence-electron chi connectivity index (χ3n) is 1.60. The highest BCUT2D eigenvalue weighted by Crippen LogP contribution is 2.15. The maximum atomic E-state index is 12.7. The summed E-state index contributed by atoms with van der Waals surface area (Å²) >= 11 is 5.23. The van der Waals surface area contributed by atoms with Gasteiger partial charge in [-0.2, -0.15) is 5.26 Å². The molecule has 0 radical (unpaired) electrons. The lowest BCUT2D eigenvalue weighted by Gasteiger charge is -2.01. The maximum absolute atomic E-state index is 12.7. The minimum atomic E-state index is -1.17. The summed E-state index contributed by atoms with van der Waals surface area (Å²) in [4.78, 5) is 11.1. The third kappa shape index (κ3) is 1.88. The summed E-state index contributed by atoms with van der Waals surface area (Å²) in [6.45, 7) is 0. The van der Waals surface area contributed by atoms with Crippen molar-refractivity contribution in [3.63, 3.8) is 0 Å². The zero-order valence-electron chi connectivity index (χ0n) is 6.85. The first-order valence-corrected chi connectivity index (χ1v) is 4.12. The van der Waals surface area contributed by atoms with Crippen LogP contribution in [0, 0.1) is 23.0 Å². The van der Waals surface area contributed by atoms with E-state index >= 15 is 0 Å². The van der Waals surface area contributed by atoms with Gasteiger partial charge in [-0.3, -0.25) is 4.79 Å². The highest BCUT2D eigenvalue weighted by molar-refractivity contribution is 6.30. The van der Waals surface area contributed by atoms with Gasteiger partial charge in [0.15, 0.2) is 17.4 Å². The Morgan fingerprint density at radius 2 is 2.00 bits per heavy atom. The second-order valence-electron chi connectivity index (χ2n) is 2.48. The normalized spacial score (nSPS) is 9.57. The monoisotopic (exact) mass is 215 g/mol. The van der Waals surface area contributed by atoms with Crippen LogP contribution >= 0.6 is 11.6 Å². The van der Waals surface area contributed by atoms with Gasteiger partial charge in [-0.25, -0.2) is 8.78 Å². The minimum absolute atomic E-state index is 0.193. The summed E-state index contributed by atoms with van der Waals surface area (Å²) < 4.78 is 25.4. The lowest BCUT2D eigenvalue weighted by molar-refractivity contribution is 0.102. The summed E-state index contributed by atoms with van der Waals surface area (Å²) in [7, 11) is 0. The van der Waals surface area contributed by atoms with Crippen molar-refractivity contribution >= 4 is 17.4 Å². The number of Topliss-reactive ketones (excluding diaryl/α,β-unsaturated/α-hetero) is 1. The molecule has 0 heterocycles. The number of nitrogens with zero attached hydrogens (tertiary/aromatic N) is 1. The van der Waals surface area contributed by atoms with Crippen LogP contribution in [0.1, 0.15) is 15.9 Å². The quantitative estimate of drug-likeness (QED) is 0.561. The molecular weight excluding hydrogens is 212 g/mol. The third-order valence-corrected chi connectivity index (χ3v) is 1.85. The minimum Gasteiger partial charge on any atom is -0.293 e. The number of halogens is 3. The topological polar surface area (TPSA) is 40.9 Å². The van der Waals surface area contributed by atoms with E-state index in [0.717, 1.165) is 0 Å². The molecule has 72 valence electrons. The molecule has 1 rings (SSSR count). The molecule has 0 aromatic heterocycles. The van der Waals surface area contributed by atoms with Gasteiger partial charge in [0.05, 0.1) is 17.5 Å². The molecule has 0 aliphatic heterocycles. The molecule has 0 N–H and O–H groups in total. The van der Waals surface area contributed by atoms with E-state index in [1.165, 1.54) is 0 Å². The smallest absolute Gasteiger partial charge is 0.179 e. The molecule has 2 nitrogen and oxygen atoms in total. The molecule has 1 aromatic rings. The number of carbonyl (C=O) groups is 1. The molecule has 0 fully saturated rings. The van der Waals surface area contributed by atoms with Crippen molar-refractivity contribution in [2.24, 2.45) is 0 Å². The van der Waals surface area contributed by atoms with E-state index < -0.39 is 17.4 Å². The fourth-order valence-electron chi connectivity index (χ4n) is 0.942. The maximum Gasteiger partial charge on any atom is 0.179 e. The van der Waals surface area contributed by atoms with Crippen LogP contribution in [0.2, 0.25) is 0 Å². The largest absolute Gasteiger partial charge is 0.293 e. The summed E-state index contributed by atoms with van der Waals surface area (Å²) in [5.41, 5.74) is -0.407. The molecule has 0 aliphatic carbocycles. The fourth-order valence-corrected chi connectivity index (χ4v) is 1.09. The van der Waals surface area contributed by atoms with Crippen LogP contribution in [0.4, 0.5) is 8.78 Å². The fraction of sp³-hybridized carbons (Fsp3) is 0.111. The average Bonchev–Trinajstić information content (AvgIpc) is 2.20. The Balaban J connectivity index is 3.36. The predicted octanol–water partition coefficient (Wildman–Crippen LogP) is 2.26. The van der Waals surface area contributed by atoms with Gasteiger partial charge in [0.25, 0.3) is 0 Å². The zero-order valence-corrected chi connectivity index (χ0v) is 7.61. The van der Waals surface area contributed by atoms with E-state index in [2.05, 4.69) is 0 Å². The number of rotatable bonds is 2. The molecule has 5 heteroatoms. The van der Waals surface area contributed by atoms with Crippen LogP contribution in [-0.2, 0) is 0 Å². The standard InChI is InChI=1S/C9H4ClF2NO/c10-3-9(14)6-2-8(12)7(11)1-5(6)4-13/h1-2H,3H2. The van der Waals surface area contributed by atoms with Gasteiger partial charge in [-0.15, -0.1) is 11.6 Å². The first-order valence-electron chi connectivity index (χ1n) is 3.58. The van der Waals surface area contributed by atoms with Crippen molar-refractivity contribution in [1.82, 2.24) is 0 Å². The van der Waals surface area contributed by atoms with E-state index in [4.69, 9.17) is 16.9 Å². The van der Waals surface area contributed by atoms with Crippen LogP contribution < -0.4 is 0 Å². The van der Waals surface area contributed by atoms with Crippen LogP contribution in [-0.4, -0.2) is 11.7 Å². The van der Waals surface area contributed by atoms with Gasteiger partial charge in [-0.05, 0) is 12.1 Å². The van der Waals surface area contributed by atoms with Gasteiger partial charge < -0.3 is 0 Å². The van der Waals surface area contributed by atoms with Crippen LogP contribution in [0.3, 0.4) is 0 Å². The van der Waals surface area contributed by atoms with Crippen molar-refractivity contribution in [1.29, 1.82) is 5.26 Å². The Labute approximate surface area is 83.7 Å². The number of benzene rings is 1. The van der Waals surface area contributed by atoms with E-state index in [1.54, 1.807) is 6.07 Å². The summed E-state index contributed by atoms with van der Waals surface area (Å²) in [5.74, 6) is -3.31. The number of hydrogen-bond donors (Lipinski definition) is 0. The Bertz CT molecular complexity index is 426. The van der Waals surface area contributed by atoms with Crippen molar-refractivity contribution in [2.45, 2.75) is 0 Å². The van der Waals surface area contributed by atoms with E-state index in [9.17, 15) is 13.6 Å². The summed E-state index contributed by atoms with van der Waals surface area (Å²) in [5, 5.41) is 8.54. The lowest BCUT2D eigenvalue weighted by Crippen LogP contribution is -2.05. The van der Waals surface area contributed by atoms with Gasteiger partial charge in [-0.1, -0.05) is 0 Å². The molecule has 0 saturated carbocycles. The van der Waals surface area contributed by atoms with Crippen molar-refractivity contribution in [2.75, 3.05) is 5.88 Å². The lowest BCUT2D eigenvalue weighted by atomic mass is 10.0. The Hall–Kier alpha value is -1.47. The Morgan fingerprint density at radius 3 is 2.50 bits per heavy atom. The molecule has 14 heavy (non-hydrogen) atoms. The Morgan fingerprint density at radius 1 is 1.43 bits per heavy atom. The second kappa shape index (κ2) is 4.16. The van der Waals surface area contributed by atoms with E-state index in [1.807, 2.05) is 0 Å². The molecule has 0 spiro atoms.